The maximum Gasteiger partial charge on any atom is 0.260 e. The number of aliphatic imine (C=N–C) groups is 1. The molecule has 3 aromatic rings. The molecule has 0 atom stereocenters. The summed E-state index contributed by atoms with van der Waals surface area (Å²) in [6.45, 7) is 3.90. The fourth-order valence-electron chi connectivity index (χ4n) is 2.48. The summed E-state index contributed by atoms with van der Waals surface area (Å²) in [5, 5.41) is 2.76. The number of nitrogens with zero attached hydrogens (tertiary/aromatic N) is 4. The van der Waals surface area contributed by atoms with E-state index in [0.717, 1.165) is 24.0 Å². The molecular formula is C20H20N6O2. The van der Waals surface area contributed by atoms with Crippen LogP contribution in [0, 0.1) is 6.92 Å². The molecule has 3 heterocycles. The molecule has 28 heavy (non-hydrogen) atoms. The van der Waals surface area contributed by atoms with Gasteiger partial charge in [-0.1, -0.05) is 13.0 Å². The minimum atomic E-state index is -0.415. The zero-order valence-corrected chi connectivity index (χ0v) is 15.6. The first-order valence-corrected chi connectivity index (χ1v) is 8.70. The molecule has 3 N–H and O–H groups in total. The molecular weight excluding hydrogens is 356 g/mol. The van der Waals surface area contributed by atoms with Crippen LogP contribution in [0.4, 0.5) is 11.6 Å². The largest absolute Gasteiger partial charge is 0.454 e. The highest BCUT2D eigenvalue weighted by atomic mass is 16.5. The number of amides is 1. The number of hydrogen-bond donors (Lipinski definition) is 2. The van der Waals surface area contributed by atoms with Crippen LogP contribution in [0.5, 0.6) is 11.5 Å². The highest BCUT2D eigenvalue weighted by Crippen LogP contribution is 2.26. The fourth-order valence-corrected chi connectivity index (χ4v) is 2.48. The van der Waals surface area contributed by atoms with Crippen molar-refractivity contribution in [1.82, 2.24) is 15.0 Å². The molecule has 0 spiro atoms. The third-order valence-electron chi connectivity index (χ3n) is 3.78. The normalized spacial score (nSPS) is 10.8. The highest BCUT2D eigenvalue weighted by molar-refractivity contribution is 6.07. The van der Waals surface area contributed by atoms with Crippen LogP contribution in [-0.2, 0) is 6.42 Å². The molecule has 0 aromatic carbocycles. The van der Waals surface area contributed by atoms with E-state index in [0.29, 0.717) is 17.3 Å². The number of ether oxygens (including phenoxy) is 1. The Hall–Kier alpha value is -3.81. The van der Waals surface area contributed by atoms with E-state index in [4.69, 9.17) is 10.5 Å². The summed E-state index contributed by atoms with van der Waals surface area (Å²) in [4.78, 5) is 29.4. The van der Waals surface area contributed by atoms with E-state index in [9.17, 15) is 4.79 Å². The summed E-state index contributed by atoms with van der Waals surface area (Å²) in [7, 11) is 0. The Morgan fingerprint density at radius 1 is 1.25 bits per heavy atom. The SMILES string of the molecule is CCc1cccc(NC(=O)c2cc(Oc3cncc(C)c3)cnc2/N=C\N)n1. The van der Waals surface area contributed by atoms with Crippen molar-refractivity contribution in [3.63, 3.8) is 0 Å². The van der Waals surface area contributed by atoms with Gasteiger partial charge in [0.2, 0.25) is 0 Å². The molecule has 3 rings (SSSR count). The molecule has 0 saturated heterocycles. The summed E-state index contributed by atoms with van der Waals surface area (Å²) >= 11 is 0. The van der Waals surface area contributed by atoms with Crippen molar-refractivity contribution in [2.75, 3.05) is 5.32 Å². The lowest BCUT2D eigenvalue weighted by Gasteiger charge is -2.10. The van der Waals surface area contributed by atoms with Crippen molar-refractivity contribution in [2.45, 2.75) is 20.3 Å². The van der Waals surface area contributed by atoms with Crippen LogP contribution < -0.4 is 15.8 Å². The summed E-state index contributed by atoms with van der Waals surface area (Å²) in [6, 6.07) is 8.83. The standard InChI is InChI=1S/C20H20N6O2/c1-3-14-5-4-6-18(25-14)26-20(27)17-8-16(11-23-19(17)24-12-21)28-15-7-13(2)9-22-10-15/h4-12H,3H2,1-2H3,(H2,21,23,24)(H,25,26,27). The Morgan fingerprint density at radius 2 is 2.07 bits per heavy atom. The van der Waals surface area contributed by atoms with Crippen LogP contribution in [0.2, 0.25) is 0 Å². The molecule has 3 aromatic heterocycles. The average Bonchev–Trinajstić information content (AvgIpc) is 2.69. The molecule has 8 nitrogen and oxygen atoms in total. The molecule has 0 radical (unpaired) electrons. The first-order chi connectivity index (χ1) is 13.6. The highest BCUT2D eigenvalue weighted by Gasteiger charge is 2.15. The lowest BCUT2D eigenvalue weighted by molar-refractivity contribution is 0.102. The van der Waals surface area contributed by atoms with Crippen LogP contribution in [0.15, 0.2) is 53.9 Å². The van der Waals surface area contributed by atoms with Gasteiger partial charge in [-0.15, -0.1) is 0 Å². The predicted molar refractivity (Wildman–Crippen MR) is 107 cm³/mol. The van der Waals surface area contributed by atoms with Crippen molar-refractivity contribution < 1.29 is 9.53 Å². The van der Waals surface area contributed by atoms with Crippen molar-refractivity contribution >= 4 is 23.9 Å². The van der Waals surface area contributed by atoms with Gasteiger partial charge in [0.1, 0.15) is 17.3 Å². The minimum absolute atomic E-state index is 0.182. The van der Waals surface area contributed by atoms with Gasteiger partial charge in [0.25, 0.3) is 5.91 Å². The summed E-state index contributed by atoms with van der Waals surface area (Å²) in [6.07, 6.45) is 6.62. The van der Waals surface area contributed by atoms with Gasteiger partial charge >= 0.3 is 0 Å². The molecule has 0 fully saturated rings. The first kappa shape index (κ1) is 19.0. The number of carbonyl (C=O) groups is 1. The number of nitrogens with one attached hydrogen (secondary N) is 1. The van der Waals surface area contributed by atoms with Crippen LogP contribution >= 0.6 is 0 Å². The quantitative estimate of drug-likeness (QED) is 0.503. The van der Waals surface area contributed by atoms with E-state index in [1.807, 2.05) is 32.0 Å². The maximum atomic E-state index is 12.8. The van der Waals surface area contributed by atoms with E-state index < -0.39 is 5.91 Å². The Balaban J connectivity index is 1.89. The fraction of sp³-hybridized carbons (Fsp3) is 0.150. The molecule has 0 aliphatic carbocycles. The number of carbonyl (C=O) groups excluding carboxylic acids is 1. The topological polar surface area (TPSA) is 115 Å². The van der Waals surface area contributed by atoms with Crippen molar-refractivity contribution in [3.8, 4) is 11.5 Å². The summed E-state index contributed by atoms with van der Waals surface area (Å²) < 4.78 is 5.77. The Labute approximate surface area is 162 Å². The van der Waals surface area contributed by atoms with Gasteiger partial charge in [-0.25, -0.2) is 15.0 Å². The molecule has 0 unspecified atom stereocenters. The van der Waals surface area contributed by atoms with Crippen LogP contribution in [0.25, 0.3) is 0 Å². The molecule has 0 aliphatic heterocycles. The van der Waals surface area contributed by atoms with E-state index in [1.54, 1.807) is 24.5 Å². The number of pyridine rings is 3. The second-order valence-electron chi connectivity index (χ2n) is 5.94. The van der Waals surface area contributed by atoms with Gasteiger partial charge in [0, 0.05) is 11.9 Å². The number of hydrogen-bond acceptors (Lipinski definition) is 6. The van der Waals surface area contributed by atoms with Gasteiger partial charge in [0.15, 0.2) is 5.82 Å². The summed E-state index contributed by atoms with van der Waals surface area (Å²) in [5.74, 6) is 1.13. The molecule has 0 saturated carbocycles. The monoisotopic (exact) mass is 376 g/mol. The molecule has 0 bridgehead atoms. The van der Waals surface area contributed by atoms with Crippen molar-refractivity contribution in [2.24, 2.45) is 10.7 Å². The van der Waals surface area contributed by atoms with E-state index in [-0.39, 0.29) is 11.4 Å². The maximum absolute atomic E-state index is 12.8. The minimum Gasteiger partial charge on any atom is -0.454 e. The van der Waals surface area contributed by atoms with Gasteiger partial charge in [-0.05, 0) is 43.2 Å². The third-order valence-corrected chi connectivity index (χ3v) is 3.78. The van der Waals surface area contributed by atoms with E-state index >= 15 is 0 Å². The van der Waals surface area contributed by atoms with Gasteiger partial charge in [0.05, 0.1) is 24.3 Å². The van der Waals surface area contributed by atoms with Gasteiger partial charge < -0.3 is 15.8 Å². The summed E-state index contributed by atoms with van der Waals surface area (Å²) in [5.41, 5.74) is 7.42. The van der Waals surface area contributed by atoms with E-state index in [2.05, 4.69) is 25.3 Å². The number of nitrogens with two attached hydrogens (primary N) is 1. The molecule has 0 aliphatic rings. The lowest BCUT2D eigenvalue weighted by Crippen LogP contribution is -2.14. The molecule has 1 amide bonds. The average molecular weight is 376 g/mol. The molecule has 142 valence electrons. The number of aromatic nitrogens is 3. The third kappa shape index (κ3) is 4.67. The molecule has 8 heteroatoms. The Bertz CT molecular complexity index is 1020. The van der Waals surface area contributed by atoms with Crippen molar-refractivity contribution in [1.29, 1.82) is 0 Å². The van der Waals surface area contributed by atoms with Crippen LogP contribution in [0.1, 0.15) is 28.5 Å². The zero-order chi connectivity index (χ0) is 19.9. The zero-order valence-electron chi connectivity index (χ0n) is 15.6. The Kier molecular flexibility index (Phi) is 5.91. The number of anilines is 1. The number of aryl methyl sites for hydroxylation is 2. The smallest absolute Gasteiger partial charge is 0.260 e. The van der Waals surface area contributed by atoms with Crippen LogP contribution in [-0.4, -0.2) is 27.2 Å². The van der Waals surface area contributed by atoms with Gasteiger partial charge in [-0.3, -0.25) is 9.78 Å². The lowest BCUT2D eigenvalue weighted by atomic mass is 10.2. The van der Waals surface area contributed by atoms with Crippen molar-refractivity contribution in [3.05, 3.63) is 65.7 Å². The van der Waals surface area contributed by atoms with Gasteiger partial charge in [-0.2, -0.15) is 0 Å². The second kappa shape index (κ2) is 8.72. The second-order valence-corrected chi connectivity index (χ2v) is 5.94. The van der Waals surface area contributed by atoms with E-state index in [1.165, 1.54) is 6.20 Å². The Morgan fingerprint density at radius 3 is 2.82 bits per heavy atom. The number of rotatable bonds is 6. The predicted octanol–water partition coefficient (Wildman–Crippen LogP) is 3.41. The van der Waals surface area contributed by atoms with Crippen LogP contribution in [0.3, 0.4) is 0 Å². The first-order valence-electron chi connectivity index (χ1n) is 8.70.